The van der Waals surface area contributed by atoms with Gasteiger partial charge in [0.1, 0.15) is 12.1 Å². The first-order valence-corrected chi connectivity index (χ1v) is 29.1. The summed E-state index contributed by atoms with van der Waals surface area (Å²) in [5, 5.41) is 8.37. The fraction of sp³-hybridized carbons (Fsp3) is 0.385. The second-order valence-electron chi connectivity index (χ2n) is 22.5. The van der Waals surface area contributed by atoms with E-state index in [1.807, 2.05) is 49.0 Å². The van der Waals surface area contributed by atoms with Gasteiger partial charge in [0.25, 0.3) is 23.6 Å². The third-order valence-electron chi connectivity index (χ3n) is 16.2. The van der Waals surface area contributed by atoms with Crippen molar-refractivity contribution in [3.63, 3.8) is 0 Å². The number of piperazine rings is 1. The van der Waals surface area contributed by atoms with Crippen LogP contribution in [0.4, 0.5) is 17.1 Å². The minimum atomic E-state index is -0.918. The Bertz CT molecular complexity index is 3380. The Morgan fingerprint density at radius 1 is 0.647 bits per heavy atom. The molecule has 3 N–H and O–H groups in total. The molecule has 85 heavy (non-hydrogen) atoms. The van der Waals surface area contributed by atoms with Gasteiger partial charge in [-0.25, -0.2) is 0 Å². The largest absolute Gasteiger partial charge is 0.493 e. The Morgan fingerprint density at radius 2 is 1.25 bits per heavy atom. The molecule has 444 valence electrons. The molecule has 1 saturated heterocycles. The van der Waals surface area contributed by atoms with Gasteiger partial charge in [-0.05, 0) is 109 Å². The number of hydrogen-bond donors (Lipinski definition) is 3. The molecule has 0 radical (unpaired) electrons. The van der Waals surface area contributed by atoms with Crippen LogP contribution in [0.2, 0.25) is 0 Å². The highest BCUT2D eigenvalue weighted by Gasteiger charge is 2.36. The van der Waals surface area contributed by atoms with Crippen molar-refractivity contribution >= 4 is 81.8 Å². The minimum absolute atomic E-state index is 0.156. The third-order valence-corrected chi connectivity index (χ3v) is 16.2. The van der Waals surface area contributed by atoms with E-state index < -0.39 is 23.9 Å². The van der Waals surface area contributed by atoms with Crippen molar-refractivity contribution in [1.82, 2.24) is 30.2 Å². The lowest BCUT2D eigenvalue weighted by Gasteiger charge is -2.34. The van der Waals surface area contributed by atoms with Crippen molar-refractivity contribution in [3.8, 4) is 23.0 Å². The Hall–Kier alpha value is -9.04. The molecule has 20 nitrogen and oxygen atoms in total. The number of nitrogens with zero attached hydrogens (tertiary/aromatic N) is 6. The van der Waals surface area contributed by atoms with Crippen LogP contribution in [0.25, 0.3) is 17.2 Å². The highest BCUT2D eigenvalue weighted by atomic mass is 16.5. The maximum atomic E-state index is 14.2. The highest BCUT2D eigenvalue weighted by molar-refractivity contribution is 6.13. The standard InChI is InChI=1S/C65H73N9O11/c1-40(2)61(69-58(75)11-8-7-9-24-72-59(76)22-23-60(72)77)63(79)67-41(3)62(78)68-47-17-12-42(13-18-47)45-31-49-21-16-44-33-56(54(82-5)34-51(44)64(80)73(49)38-45)84-29-10-30-85-57-36-53-52(35-55(57)83-6)65(81)74-39-46(32-50(74)37-66-53)43-14-19-48(20-15-43)71-27-25-70(4)26-28-71/h12-23,33-41,49-50,61H,7-11,24-32H2,1-6H3,(H,67,79)(H,68,78)(H,69,75)/t41-,49+,50-,61?/m0/s1. The first-order chi connectivity index (χ1) is 41.0. The molecule has 10 rings (SSSR count). The normalized spacial score (nSPS) is 18.7. The van der Waals surface area contributed by atoms with Crippen LogP contribution >= 0.6 is 0 Å². The minimum Gasteiger partial charge on any atom is -0.493 e. The van der Waals surface area contributed by atoms with Gasteiger partial charge < -0.3 is 54.5 Å². The second kappa shape index (κ2) is 26.3. The molecule has 4 aromatic carbocycles. The van der Waals surface area contributed by atoms with Gasteiger partial charge in [-0.3, -0.25) is 43.5 Å². The van der Waals surface area contributed by atoms with Crippen molar-refractivity contribution in [2.45, 2.75) is 89.9 Å². The number of nitrogens with one attached hydrogen (secondary N) is 3. The number of carbonyl (C=O) groups excluding carboxylic acids is 7. The van der Waals surface area contributed by atoms with Crippen LogP contribution in [0, 0.1) is 5.92 Å². The van der Waals surface area contributed by atoms with E-state index in [0.717, 1.165) is 48.5 Å². The molecule has 6 aliphatic rings. The quantitative estimate of drug-likeness (QED) is 0.0481. The summed E-state index contributed by atoms with van der Waals surface area (Å²) in [6, 6.07) is 20.6. The molecule has 6 heterocycles. The summed E-state index contributed by atoms with van der Waals surface area (Å²) in [7, 11) is 5.23. The number of imide groups is 1. The van der Waals surface area contributed by atoms with Crippen molar-refractivity contribution in [3.05, 3.63) is 131 Å². The Labute approximate surface area is 495 Å². The number of likely N-dealkylation sites (N-methyl/N-ethyl adjacent to an activating group) is 1. The van der Waals surface area contributed by atoms with E-state index >= 15 is 0 Å². The average molecular weight is 1160 g/mol. The molecular weight excluding hydrogens is 1080 g/mol. The van der Waals surface area contributed by atoms with Gasteiger partial charge >= 0.3 is 0 Å². The number of aliphatic imine (C=N–C) groups is 1. The number of ether oxygens (including phenoxy) is 4. The molecule has 4 atom stereocenters. The van der Waals surface area contributed by atoms with Crippen molar-refractivity contribution < 1.29 is 52.5 Å². The number of anilines is 2. The molecule has 0 bridgehead atoms. The van der Waals surface area contributed by atoms with E-state index in [1.165, 1.54) is 29.8 Å². The van der Waals surface area contributed by atoms with Gasteiger partial charge in [0.15, 0.2) is 23.0 Å². The van der Waals surface area contributed by atoms with E-state index in [0.29, 0.717) is 89.6 Å². The first kappa shape index (κ1) is 59.1. The van der Waals surface area contributed by atoms with Crippen LogP contribution in [-0.4, -0.2) is 159 Å². The molecule has 0 aromatic heterocycles. The summed E-state index contributed by atoms with van der Waals surface area (Å²) in [5.74, 6) is -0.748. The SMILES string of the molecule is COc1cc2c(cc1OCCCOc1cc3c(cc1OC)C(=O)N1C=C(c4ccc(N5CCN(C)CC5)cc4)C[C@H]1C=N3)C=C[C@@H]1CC(c3ccc(NC(=O)[C@H](C)NC(=O)C(NC(=O)CCCCCN4C(=O)C=CC4=O)C(C)C)cc3)=CN1C2=O. The van der Waals surface area contributed by atoms with Crippen LogP contribution in [0.5, 0.6) is 23.0 Å². The molecule has 20 heteroatoms. The maximum absolute atomic E-state index is 14.2. The average Bonchev–Trinajstić information content (AvgIpc) is 2.83. The summed E-state index contributed by atoms with van der Waals surface area (Å²) in [5.41, 5.74) is 7.79. The van der Waals surface area contributed by atoms with Gasteiger partial charge in [0, 0.05) is 100 Å². The third kappa shape index (κ3) is 13.5. The number of rotatable bonds is 23. The zero-order chi connectivity index (χ0) is 59.9. The number of fused-ring (bicyclic) bond motifs is 4. The Kier molecular flexibility index (Phi) is 18.3. The van der Waals surface area contributed by atoms with E-state index in [9.17, 15) is 33.6 Å². The van der Waals surface area contributed by atoms with E-state index in [4.69, 9.17) is 23.9 Å². The van der Waals surface area contributed by atoms with Crippen LogP contribution in [0.15, 0.2) is 108 Å². The molecule has 4 aromatic rings. The van der Waals surface area contributed by atoms with E-state index in [2.05, 4.69) is 57.1 Å². The fourth-order valence-electron chi connectivity index (χ4n) is 11.2. The number of carbonyl (C=O) groups is 7. The molecule has 1 unspecified atom stereocenters. The van der Waals surface area contributed by atoms with Crippen molar-refractivity contribution in [1.29, 1.82) is 0 Å². The zero-order valence-corrected chi connectivity index (χ0v) is 48.9. The fourth-order valence-corrected chi connectivity index (χ4v) is 11.2. The second-order valence-corrected chi connectivity index (χ2v) is 22.5. The Morgan fingerprint density at radius 3 is 1.89 bits per heavy atom. The van der Waals surface area contributed by atoms with Gasteiger partial charge in [0.2, 0.25) is 17.7 Å². The highest BCUT2D eigenvalue weighted by Crippen LogP contribution is 2.42. The topological polar surface area (TPSA) is 221 Å². The predicted octanol–water partition coefficient (Wildman–Crippen LogP) is 7.63. The van der Waals surface area contributed by atoms with E-state index in [1.54, 1.807) is 68.0 Å². The smallest absolute Gasteiger partial charge is 0.260 e. The summed E-state index contributed by atoms with van der Waals surface area (Å²) < 4.78 is 23.9. The number of hydrogen-bond acceptors (Lipinski definition) is 14. The molecule has 0 aliphatic carbocycles. The Balaban J connectivity index is 0.682. The van der Waals surface area contributed by atoms with Crippen LogP contribution in [0.1, 0.15) is 103 Å². The number of methoxy groups -OCH3 is 2. The van der Waals surface area contributed by atoms with Gasteiger partial charge in [-0.15, -0.1) is 0 Å². The predicted molar refractivity (Wildman–Crippen MR) is 324 cm³/mol. The van der Waals surface area contributed by atoms with Gasteiger partial charge in [0.05, 0.1) is 56.3 Å². The van der Waals surface area contributed by atoms with E-state index in [-0.39, 0.29) is 73.7 Å². The van der Waals surface area contributed by atoms with Crippen molar-refractivity contribution in [2.75, 3.05) is 77.4 Å². The maximum Gasteiger partial charge on any atom is 0.260 e. The number of amides is 7. The number of unbranched alkanes of at least 4 members (excludes halogenated alkanes) is 2. The molecular formula is C65H73N9O11. The molecule has 1 fully saturated rings. The number of benzene rings is 4. The van der Waals surface area contributed by atoms with Crippen LogP contribution < -0.4 is 39.8 Å². The molecule has 7 amide bonds. The van der Waals surface area contributed by atoms with Crippen LogP contribution in [-0.2, 0) is 24.0 Å². The summed E-state index contributed by atoms with van der Waals surface area (Å²) >= 11 is 0. The summed E-state index contributed by atoms with van der Waals surface area (Å²) in [6.45, 7) is 10.1. The summed E-state index contributed by atoms with van der Waals surface area (Å²) in [4.78, 5) is 105. The lowest BCUT2D eigenvalue weighted by atomic mass is 10.0. The molecule has 0 saturated carbocycles. The molecule has 0 spiro atoms. The monoisotopic (exact) mass is 1160 g/mol. The lowest BCUT2D eigenvalue weighted by Crippen LogP contribution is -2.53. The van der Waals surface area contributed by atoms with Gasteiger partial charge in [-0.2, -0.15) is 0 Å². The zero-order valence-electron chi connectivity index (χ0n) is 48.9. The molecule has 6 aliphatic heterocycles. The van der Waals surface area contributed by atoms with Crippen LogP contribution in [0.3, 0.4) is 0 Å². The van der Waals surface area contributed by atoms with Gasteiger partial charge in [-0.1, -0.05) is 56.7 Å². The lowest BCUT2D eigenvalue weighted by molar-refractivity contribution is -0.137. The first-order valence-electron chi connectivity index (χ1n) is 29.1. The summed E-state index contributed by atoms with van der Waals surface area (Å²) in [6.07, 6.45) is 15.6. The van der Waals surface area contributed by atoms with Crippen molar-refractivity contribution in [2.24, 2.45) is 10.9 Å².